The Labute approximate surface area is 73.5 Å². The van der Waals surface area contributed by atoms with Gasteiger partial charge in [0.15, 0.2) is 0 Å². The van der Waals surface area contributed by atoms with Crippen molar-refractivity contribution in [2.24, 2.45) is 5.73 Å². The van der Waals surface area contributed by atoms with Gasteiger partial charge < -0.3 is 15.8 Å². The highest BCUT2D eigenvalue weighted by Gasteiger charge is 2.21. The second-order valence-corrected chi connectivity index (χ2v) is 2.90. The SMILES string of the molecule is CCC(N)(CC)COC(=O)NC. The molecule has 0 aliphatic heterocycles. The van der Waals surface area contributed by atoms with Crippen LogP contribution >= 0.6 is 0 Å². The number of nitrogens with one attached hydrogen (secondary N) is 1. The van der Waals surface area contributed by atoms with Gasteiger partial charge in [-0.05, 0) is 12.8 Å². The lowest BCUT2D eigenvalue weighted by atomic mass is 9.96. The maximum atomic E-state index is 10.7. The molecule has 0 bridgehead atoms. The molecule has 0 heterocycles. The lowest BCUT2D eigenvalue weighted by molar-refractivity contribution is 0.115. The van der Waals surface area contributed by atoms with Crippen molar-refractivity contribution in [2.75, 3.05) is 13.7 Å². The van der Waals surface area contributed by atoms with Gasteiger partial charge in [-0.3, -0.25) is 0 Å². The highest BCUT2D eigenvalue weighted by atomic mass is 16.5. The lowest BCUT2D eigenvalue weighted by Gasteiger charge is -2.25. The molecule has 0 aromatic heterocycles. The van der Waals surface area contributed by atoms with Crippen LogP contribution in [0.1, 0.15) is 26.7 Å². The van der Waals surface area contributed by atoms with Crippen LogP contribution in [0.25, 0.3) is 0 Å². The van der Waals surface area contributed by atoms with Gasteiger partial charge in [-0.2, -0.15) is 0 Å². The van der Waals surface area contributed by atoms with Gasteiger partial charge in [0.05, 0.1) is 0 Å². The Hall–Kier alpha value is -0.770. The first-order chi connectivity index (χ1) is 5.58. The summed E-state index contributed by atoms with van der Waals surface area (Å²) in [5.74, 6) is 0. The molecule has 0 spiro atoms. The van der Waals surface area contributed by atoms with E-state index in [9.17, 15) is 4.79 Å². The van der Waals surface area contributed by atoms with Crippen LogP contribution in [-0.2, 0) is 4.74 Å². The maximum Gasteiger partial charge on any atom is 0.406 e. The van der Waals surface area contributed by atoms with Crippen molar-refractivity contribution >= 4 is 6.09 Å². The summed E-state index contributed by atoms with van der Waals surface area (Å²) in [4.78, 5) is 10.7. The van der Waals surface area contributed by atoms with Gasteiger partial charge >= 0.3 is 6.09 Å². The predicted molar refractivity (Wildman–Crippen MR) is 47.9 cm³/mol. The van der Waals surface area contributed by atoms with E-state index in [1.54, 1.807) is 0 Å². The molecule has 0 unspecified atom stereocenters. The molecular formula is C8H18N2O2. The van der Waals surface area contributed by atoms with Crippen molar-refractivity contribution in [2.45, 2.75) is 32.2 Å². The fourth-order valence-electron chi connectivity index (χ4n) is 0.736. The minimum Gasteiger partial charge on any atom is -0.448 e. The Morgan fingerprint density at radius 2 is 2.00 bits per heavy atom. The summed E-state index contributed by atoms with van der Waals surface area (Å²) in [5.41, 5.74) is 5.53. The zero-order valence-corrected chi connectivity index (χ0v) is 8.02. The number of carbonyl (C=O) groups is 1. The number of nitrogens with two attached hydrogens (primary N) is 1. The second-order valence-electron chi connectivity index (χ2n) is 2.90. The number of hydrogen-bond acceptors (Lipinski definition) is 3. The Morgan fingerprint density at radius 1 is 1.50 bits per heavy atom. The molecule has 0 atom stereocenters. The quantitative estimate of drug-likeness (QED) is 0.664. The molecule has 4 heteroatoms. The molecule has 72 valence electrons. The monoisotopic (exact) mass is 174 g/mol. The lowest BCUT2D eigenvalue weighted by Crippen LogP contribution is -2.44. The van der Waals surface area contributed by atoms with Crippen molar-refractivity contribution in [1.82, 2.24) is 5.32 Å². The third-order valence-corrected chi connectivity index (χ3v) is 2.10. The highest BCUT2D eigenvalue weighted by Crippen LogP contribution is 2.11. The van der Waals surface area contributed by atoms with Crippen LogP contribution in [0, 0.1) is 0 Å². The van der Waals surface area contributed by atoms with Crippen LogP contribution < -0.4 is 11.1 Å². The molecule has 12 heavy (non-hydrogen) atoms. The molecule has 0 aliphatic rings. The average Bonchev–Trinajstić information content (AvgIpc) is 2.13. The van der Waals surface area contributed by atoms with Gasteiger partial charge in [-0.1, -0.05) is 13.8 Å². The third kappa shape index (κ3) is 3.57. The standard InChI is InChI=1S/C8H18N2O2/c1-4-8(9,5-2)6-12-7(11)10-3/h4-6,9H2,1-3H3,(H,10,11). The molecule has 0 rings (SSSR count). The second kappa shape index (κ2) is 4.98. The van der Waals surface area contributed by atoms with E-state index in [0.717, 1.165) is 12.8 Å². The van der Waals surface area contributed by atoms with E-state index >= 15 is 0 Å². The maximum absolute atomic E-state index is 10.7. The van der Waals surface area contributed by atoms with E-state index in [1.807, 2.05) is 13.8 Å². The molecule has 0 aromatic rings. The first-order valence-corrected chi connectivity index (χ1v) is 4.21. The van der Waals surface area contributed by atoms with Gasteiger partial charge in [0.1, 0.15) is 6.61 Å². The predicted octanol–water partition coefficient (Wildman–Crippen LogP) is 0.860. The van der Waals surface area contributed by atoms with E-state index in [-0.39, 0.29) is 12.1 Å². The zero-order valence-electron chi connectivity index (χ0n) is 8.02. The molecule has 0 radical (unpaired) electrons. The van der Waals surface area contributed by atoms with E-state index in [4.69, 9.17) is 10.5 Å². The molecule has 1 amide bonds. The first-order valence-electron chi connectivity index (χ1n) is 4.21. The van der Waals surface area contributed by atoms with Crippen LogP contribution in [0.15, 0.2) is 0 Å². The molecule has 0 aromatic carbocycles. The first kappa shape index (κ1) is 11.2. The van der Waals surface area contributed by atoms with Gasteiger partial charge in [0.2, 0.25) is 0 Å². The van der Waals surface area contributed by atoms with Crippen molar-refractivity contribution < 1.29 is 9.53 Å². The van der Waals surface area contributed by atoms with Crippen LogP contribution in [0.5, 0.6) is 0 Å². The topological polar surface area (TPSA) is 64.3 Å². The zero-order chi connectivity index (χ0) is 9.61. The molecule has 0 fully saturated rings. The van der Waals surface area contributed by atoms with Crippen LogP contribution in [0.2, 0.25) is 0 Å². The highest BCUT2D eigenvalue weighted by molar-refractivity contribution is 5.66. The van der Waals surface area contributed by atoms with Crippen LogP contribution in [-0.4, -0.2) is 25.3 Å². The van der Waals surface area contributed by atoms with E-state index in [1.165, 1.54) is 7.05 Å². The fourth-order valence-corrected chi connectivity index (χ4v) is 0.736. The molecule has 4 nitrogen and oxygen atoms in total. The largest absolute Gasteiger partial charge is 0.448 e. The van der Waals surface area contributed by atoms with Crippen molar-refractivity contribution in [3.05, 3.63) is 0 Å². The van der Waals surface area contributed by atoms with Crippen LogP contribution in [0.4, 0.5) is 4.79 Å². The Morgan fingerprint density at radius 3 is 2.33 bits per heavy atom. The molecular weight excluding hydrogens is 156 g/mol. The number of carbonyl (C=O) groups excluding carboxylic acids is 1. The fraction of sp³-hybridized carbons (Fsp3) is 0.875. The van der Waals surface area contributed by atoms with Crippen molar-refractivity contribution in [3.8, 4) is 0 Å². The molecule has 0 saturated heterocycles. The summed E-state index contributed by atoms with van der Waals surface area (Å²) >= 11 is 0. The molecule has 0 aliphatic carbocycles. The summed E-state index contributed by atoms with van der Waals surface area (Å²) < 4.78 is 4.86. The normalized spacial score (nSPS) is 11.0. The number of ether oxygens (including phenoxy) is 1. The summed E-state index contributed by atoms with van der Waals surface area (Å²) in [6, 6.07) is 0. The minimum absolute atomic E-state index is 0.277. The van der Waals surface area contributed by atoms with Crippen LogP contribution in [0.3, 0.4) is 0 Å². The Bertz CT molecular complexity index is 144. The summed E-state index contributed by atoms with van der Waals surface area (Å²) in [6.45, 7) is 4.24. The smallest absolute Gasteiger partial charge is 0.406 e. The minimum atomic E-state index is -0.424. The average molecular weight is 174 g/mol. The van der Waals surface area contributed by atoms with Gasteiger partial charge in [-0.25, -0.2) is 4.79 Å². The number of alkyl carbamates (subject to hydrolysis) is 1. The molecule has 0 saturated carbocycles. The van der Waals surface area contributed by atoms with E-state index < -0.39 is 6.09 Å². The number of amides is 1. The Balaban J connectivity index is 3.80. The van der Waals surface area contributed by atoms with Gasteiger partial charge in [0, 0.05) is 12.6 Å². The molecule has 3 N–H and O–H groups in total. The summed E-state index contributed by atoms with van der Waals surface area (Å²) in [5, 5.41) is 2.37. The van der Waals surface area contributed by atoms with Gasteiger partial charge in [0.25, 0.3) is 0 Å². The van der Waals surface area contributed by atoms with Crippen molar-refractivity contribution in [3.63, 3.8) is 0 Å². The summed E-state index contributed by atoms with van der Waals surface area (Å²) in [6.07, 6.45) is 1.19. The Kier molecular flexibility index (Phi) is 4.66. The van der Waals surface area contributed by atoms with Crippen molar-refractivity contribution in [1.29, 1.82) is 0 Å². The van der Waals surface area contributed by atoms with E-state index in [2.05, 4.69) is 5.32 Å². The van der Waals surface area contributed by atoms with E-state index in [0.29, 0.717) is 0 Å². The number of rotatable bonds is 4. The van der Waals surface area contributed by atoms with Gasteiger partial charge in [-0.15, -0.1) is 0 Å². The summed E-state index contributed by atoms with van der Waals surface area (Å²) in [7, 11) is 1.53. The number of hydrogen-bond donors (Lipinski definition) is 2. The third-order valence-electron chi connectivity index (χ3n) is 2.10.